The van der Waals surface area contributed by atoms with E-state index in [0.717, 1.165) is 12.8 Å². The van der Waals surface area contributed by atoms with Gasteiger partial charge in [-0.05, 0) is 18.6 Å². The molecule has 2 nitrogen and oxygen atoms in total. The predicted octanol–water partition coefficient (Wildman–Crippen LogP) is 2.45. The van der Waals surface area contributed by atoms with E-state index in [4.69, 9.17) is 4.42 Å². The summed E-state index contributed by atoms with van der Waals surface area (Å²) in [5.74, 6) is 0.621. The fraction of sp³-hybridized carbons (Fsp3) is 0.300. The van der Waals surface area contributed by atoms with E-state index in [1.165, 1.54) is 6.07 Å². The van der Waals surface area contributed by atoms with Crippen molar-refractivity contribution in [2.24, 2.45) is 0 Å². The molecule has 0 aromatic carbocycles. The van der Waals surface area contributed by atoms with Crippen molar-refractivity contribution in [3.63, 3.8) is 0 Å². The zero-order chi connectivity index (χ0) is 8.81. The molecule has 1 heterocycles. The Bertz CT molecular complexity index is 310. The average molecular weight is 164 g/mol. The molecule has 0 fully saturated rings. The van der Waals surface area contributed by atoms with Gasteiger partial charge >= 0.3 is 5.63 Å². The molecule has 0 aliphatic rings. The minimum atomic E-state index is -0.298. The third-order valence-electron chi connectivity index (χ3n) is 1.45. The van der Waals surface area contributed by atoms with Crippen molar-refractivity contribution < 1.29 is 4.42 Å². The van der Waals surface area contributed by atoms with Gasteiger partial charge in [-0.15, -0.1) is 0 Å². The molecule has 1 aromatic rings. The summed E-state index contributed by atoms with van der Waals surface area (Å²) >= 11 is 0. The van der Waals surface area contributed by atoms with Gasteiger partial charge < -0.3 is 4.42 Å². The molecule has 12 heavy (non-hydrogen) atoms. The van der Waals surface area contributed by atoms with Gasteiger partial charge in [-0.1, -0.05) is 25.5 Å². The third-order valence-corrected chi connectivity index (χ3v) is 1.45. The van der Waals surface area contributed by atoms with Crippen molar-refractivity contribution in [3.8, 4) is 0 Å². The molecule has 1 rings (SSSR count). The SMILES string of the molecule is CCC/C=C/c1cccc(=O)o1. The van der Waals surface area contributed by atoms with Crippen LogP contribution in [0.1, 0.15) is 25.5 Å². The van der Waals surface area contributed by atoms with Crippen LogP contribution in [-0.2, 0) is 0 Å². The number of allylic oxidation sites excluding steroid dienone is 1. The first-order valence-corrected chi connectivity index (χ1v) is 4.09. The van der Waals surface area contributed by atoms with Gasteiger partial charge in [0.1, 0.15) is 5.76 Å². The Morgan fingerprint density at radius 2 is 2.33 bits per heavy atom. The molecule has 0 atom stereocenters. The summed E-state index contributed by atoms with van der Waals surface area (Å²) in [4.78, 5) is 10.7. The molecule has 0 radical (unpaired) electrons. The molecule has 0 aliphatic carbocycles. The minimum absolute atomic E-state index is 0.298. The molecular formula is C10H12O2. The van der Waals surface area contributed by atoms with Gasteiger partial charge in [0.2, 0.25) is 0 Å². The maximum absolute atomic E-state index is 10.7. The Labute approximate surface area is 71.5 Å². The van der Waals surface area contributed by atoms with E-state index in [1.807, 2.05) is 12.2 Å². The molecule has 0 bridgehead atoms. The number of hydrogen-bond acceptors (Lipinski definition) is 2. The smallest absolute Gasteiger partial charge is 0.336 e. The highest BCUT2D eigenvalue weighted by Gasteiger charge is 1.87. The molecule has 0 aliphatic heterocycles. The largest absolute Gasteiger partial charge is 0.423 e. The molecule has 0 N–H and O–H groups in total. The van der Waals surface area contributed by atoms with Crippen LogP contribution in [0.4, 0.5) is 0 Å². The minimum Gasteiger partial charge on any atom is -0.423 e. The van der Waals surface area contributed by atoms with Crippen LogP contribution in [0.3, 0.4) is 0 Å². The summed E-state index contributed by atoms with van der Waals surface area (Å²) in [6.07, 6.45) is 5.94. The Kier molecular flexibility index (Phi) is 3.33. The molecule has 1 aromatic heterocycles. The van der Waals surface area contributed by atoms with Gasteiger partial charge in [-0.2, -0.15) is 0 Å². The van der Waals surface area contributed by atoms with E-state index in [1.54, 1.807) is 12.1 Å². The molecule has 0 spiro atoms. The van der Waals surface area contributed by atoms with Crippen molar-refractivity contribution in [1.82, 2.24) is 0 Å². The first kappa shape index (κ1) is 8.78. The number of unbranched alkanes of at least 4 members (excludes halogenated alkanes) is 1. The van der Waals surface area contributed by atoms with Crippen LogP contribution in [0.5, 0.6) is 0 Å². The Morgan fingerprint density at radius 3 is 3.00 bits per heavy atom. The Balaban J connectivity index is 2.69. The van der Waals surface area contributed by atoms with Crippen molar-refractivity contribution in [1.29, 1.82) is 0 Å². The Morgan fingerprint density at radius 1 is 1.50 bits per heavy atom. The van der Waals surface area contributed by atoms with Crippen LogP contribution in [0.25, 0.3) is 6.08 Å². The van der Waals surface area contributed by atoms with Gasteiger partial charge in [0.15, 0.2) is 0 Å². The molecule has 0 amide bonds. The van der Waals surface area contributed by atoms with Gasteiger partial charge in [-0.25, -0.2) is 4.79 Å². The second-order valence-electron chi connectivity index (χ2n) is 2.54. The lowest BCUT2D eigenvalue weighted by molar-refractivity contribution is 0.501. The van der Waals surface area contributed by atoms with Crippen LogP contribution < -0.4 is 5.63 Å². The lowest BCUT2D eigenvalue weighted by Crippen LogP contribution is -1.94. The summed E-state index contributed by atoms with van der Waals surface area (Å²) in [6.45, 7) is 2.10. The number of hydrogen-bond donors (Lipinski definition) is 0. The molecule has 0 saturated heterocycles. The second-order valence-corrected chi connectivity index (χ2v) is 2.54. The van der Waals surface area contributed by atoms with E-state index in [-0.39, 0.29) is 5.63 Å². The highest BCUT2D eigenvalue weighted by atomic mass is 16.4. The van der Waals surface area contributed by atoms with Crippen LogP contribution in [0.15, 0.2) is 33.5 Å². The molecule has 0 unspecified atom stereocenters. The molecule has 64 valence electrons. The quantitative estimate of drug-likeness (QED) is 0.686. The first-order valence-electron chi connectivity index (χ1n) is 4.09. The molecule has 0 saturated carbocycles. The lowest BCUT2D eigenvalue weighted by Gasteiger charge is -1.89. The van der Waals surface area contributed by atoms with Crippen LogP contribution in [-0.4, -0.2) is 0 Å². The van der Waals surface area contributed by atoms with Crippen molar-refractivity contribution >= 4 is 6.08 Å². The summed E-state index contributed by atoms with van der Waals surface area (Å²) in [5, 5.41) is 0. The van der Waals surface area contributed by atoms with Crippen LogP contribution >= 0.6 is 0 Å². The third kappa shape index (κ3) is 2.74. The standard InChI is InChI=1S/C10H12O2/c1-2-3-4-6-9-7-5-8-10(11)12-9/h4-8H,2-3H2,1H3/b6-4+. The fourth-order valence-electron chi connectivity index (χ4n) is 0.861. The zero-order valence-electron chi connectivity index (χ0n) is 7.12. The monoisotopic (exact) mass is 164 g/mol. The fourth-order valence-corrected chi connectivity index (χ4v) is 0.861. The molecular weight excluding hydrogens is 152 g/mol. The van der Waals surface area contributed by atoms with E-state index >= 15 is 0 Å². The van der Waals surface area contributed by atoms with Crippen molar-refractivity contribution in [3.05, 3.63) is 40.5 Å². The van der Waals surface area contributed by atoms with Gasteiger partial charge in [0, 0.05) is 6.07 Å². The highest BCUT2D eigenvalue weighted by molar-refractivity contribution is 5.41. The van der Waals surface area contributed by atoms with Crippen LogP contribution in [0, 0.1) is 0 Å². The zero-order valence-corrected chi connectivity index (χ0v) is 7.12. The Hall–Kier alpha value is -1.31. The summed E-state index contributed by atoms with van der Waals surface area (Å²) in [7, 11) is 0. The summed E-state index contributed by atoms with van der Waals surface area (Å²) < 4.78 is 4.88. The van der Waals surface area contributed by atoms with Gasteiger partial charge in [-0.3, -0.25) is 0 Å². The number of rotatable bonds is 3. The van der Waals surface area contributed by atoms with Gasteiger partial charge in [0.25, 0.3) is 0 Å². The van der Waals surface area contributed by atoms with Gasteiger partial charge in [0.05, 0.1) is 0 Å². The molecule has 2 heteroatoms. The maximum Gasteiger partial charge on any atom is 0.336 e. The van der Waals surface area contributed by atoms with Crippen LogP contribution in [0.2, 0.25) is 0 Å². The van der Waals surface area contributed by atoms with E-state index in [0.29, 0.717) is 5.76 Å². The van der Waals surface area contributed by atoms with E-state index in [2.05, 4.69) is 6.92 Å². The van der Waals surface area contributed by atoms with Crippen molar-refractivity contribution in [2.45, 2.75) is 19.8 Å². The average Bonchev–Trinajstić information content (AvgIpc) is 2.05. The van der Waals surface area contributed by atoms with Crippen molar-refractivity contribution in [2.75, 3.05) is 0 Å². The topological polar surface area (TPSA) is 30.2 Å². The lowest BCUT2D eigenvalue weighted by atomic mass is 10.3. The second kappa shape index (κ2) is 4.54. The first-order chi connectivity index (χ1) is 5.83. The highest BCUT2D eigenvalue weighted by Crippen LogP contribution is 1.99. The maximum atomic E-state index is 10.7. The predicted molar refractivity (Wildman–Crippen MR) is 48.9 cm³/mol. The van der Waals surface area contributed by atoms with E-state index < -0.39 is 0 Å². The normalized spacial score (nSPS) is 10.8. The summed E-state index contributed by atoms with van der Waals surface area (Å²) in [5.41, 5.74) is -0.298. The van der Waals surface area contributed by atoms with E-state index in [9.17, 15) is 4.79 Å². The summed E-state index contributed by atoms with van der Waals surface area (Å²) in [6, 6.07) is 4.86.